The molecule has 2 aromatic carbocycles. The van der Waals surface area contributed by atoms with Crippen LogP contribution < -0.4 is 0 Å². The first-order valence-electron chi connectivity index (χ1n) is 5.93. The summed E-state index contributed by atoms with van der Waals surface area (Å²) >= 11 is 5.85. The highest BCUT2D eigenvalue weighted by atomic mass is 35.5. The Labute approximate surface area is 125 Å². The fourth-order valence-electron chi connectivity index (χ4n) is 1.86. The minimum atomic E-state index is -1.18. The quantitative estimate of drug-likeness (QED) is 0.402. The van der Waals surface area contributed by atoms with Crippen molar-refractivity contribution >= 4 is 34.9 Å². The highest BCUT2D eigenvalue weighted by Gasteiger charge is 2.15. The molecule has 2 rings (SSSR count). The lowest BCUT2D eigenvalue weighted by molar-refractivity contribution is -0.385. The molecule has 0 saturated heterocycles. The highest BCUT2D eigenvalue weighted by Crippen LogP contribution is 2.26. The second kappa shape index (κ2) is 6.19. The Morgan fingerprint density at radius 2 is 1.90 bits per heavy atom. The van der Waals surface area contributed by atoms with Gasteiger partial charge in [-0.25, -0.2) is 4.79 Å². The molecule has 0 saturated carbocycles. The monoisotopic (exact) mass is 303 g/mol. The molecule has 0 radical (unpaired) electrons. The van der Waals surface area contributed by atoms with Crippen LogP contribution in [0.15, 0.2) is 48.5 Å². The third-order valence-corrected chi connectivity index (χ3v) is 3.03. The van der Waals surface area contributed by atoms with Crippen molar-refractivity contribution in [2.45, 2.75) is 0 Å². The molecule has 21 heavy (non-hydrogen) atoms. The summed E-state index contributed by atoms with van der Waals surface area (Å²) < 4.78 is 0. The van der Waals surface area contributed by atoms with Crippen LogP contribution in [0.1, 0.15) is 11.1 Å². The number of hydrogen-bond donors (Lipinski definition) is 1. The standard InChI is InChI=1S/C15H10ClNO4/c16-12-6-3-5-10(8-12)13(15(18)19)9-11-4-1-2-7-14(11)17(20)21/h1-9H,(H,18,19). The van der Waals surface area contributed by atoms with Gasteiger partial charge in [0.15, 0.2) is 0 Å². The zero-order valence-electron chi connectivity index (χ0n) is 10.7. The molecule has 0 spiro atoms. The Morgan fingerprint density at radius 1 is 1.19 bits per heavy atom. The Bertz CT molecular complexity index is 740. The van der Waals surface area contributed by atoms with E-state index in [1.54, 1.807) is 24.3 Å². The van der Waals surface area contributed by atoms with Crippen LogP contribution in [0.3, 0.4) is 0 Å². The Morgan fingerprint density at radius 3 is 2.52 bits per heavy atom. The maximum Gasteiger partial charge on any atom is 0.336 e. The number of carboxylic acids is 1. The molecule has 5 nitrogen and oxygen atoms in total. The van der Waals surface area contributed by atoms with Gasteiger partial charge in [-0.1, -0.05) is 35.9 Å². The summed E-state index contributed by atoms with van der Waals surface area (Å²) in [5.41, 5.74) is 0.387. The van der Waals surface area contributed by atoms with E-state index >= 15 is 0 Å². The number of halogens is 1. The number of rotatable bonds is 4. The van der Waals surface area contributed by atoms with Crippen molar-refractivity contribution in [3.8, 4) is 0 Å². The van der Waals surface area contributed by atoms with Crippen LogP contribution in [0.5, 0.6) is 0 Å². The summed E-state index contributed by atoms with van der Waals surface area (Å²) in [7, 11) is 0. The molecule has 0 aromatic heterocycles. The lowest BCUT2D eigenvalue weighted by Gasteiger charge is -2.04. The number of benzene rings is 2. The summed E-state index contributed by atoms with van der Waals surface area (Å²) in [6.07, 6.45) is 1.27. The van der Waals surface area contributed by atoms with Crippen molar-refractivity contribution in [2.75, 3.05) is 0 Å². The molecule has 1 N–H and O–H groups in total. The van der Waals surface area contributed by atoms with Gasteiger partial charge in [0.2, 0.25) is 0 Å². The van der Waals surface area contributed by atoms with Gasteiger partial charge in [-0.05, 0) is 29.8 Å². The number of carboxylic acid groups (broad SMARTS) is 1. The smallest absolute Gasteiger partial charge is 0.336 e. The van der Waals surface area contributed by atoms with Gasteiger partial charge in [-0.3, -0.25) is 10.1 Å². The number of hydrogen-bond acceptors (Lipinski definition) is 3. The van der Waals surface area contributed by atoms with E-state index in [-0.39, 0.29) is 16.8 Å². The predicted molar refractivity (Wildman–Crippen MR) is 80.1 cm³/mol. The van der Waals surface area contributed by atoms with Crippen molar-refractivity contribution in [1.82, 2.24) is 0 Å². The van der Waals surface area contributed by atoms with Gasteiger partial charge < -0.3 is 5.11 Å². The number of para-hydroxylation sites is 1. The van der Waals surface area contributed by atoms with E-state index in [2.05, 4.69) is 0 Å². The second-order valence-corrected chi connectivity index (χ2v) is 4.63. The zero-order chi connectivity index (χ0) is 15.4. The van der Waals surface area contributed by atoms with Crippen LogP contribution in [0.25, 0.3) is 11.6 Å². The van der Waals surface area contributed by atoms with Gasteiger partial charge >= 0.3 is 5.97 Å². The molecule has 0 aliphatic carbocycles. The first-order chi connectivity index (χ1) is 9.99. The molecule has 0 fully saturated rings. The van der Waals surface area contributed by atoms with Gasteiger partial charge in [-0.15, -0.1) is 0 Å². The topological polar surface area (TPSA) is 80.4 Å². The Kier molecular flexibility index (Phi) is 4.35. The maximum absolute atomic E-state index is 11.4. The normalized spacial score (nSPS) is 11.2. The molecule has 0 aliphatic heterocycles. The van der Waals surface area contributed by atoms with Gasteiger partial charge in [0.1, 0.15) is 0 Å². The summed E-state index contributed by atoms with van der Waals surface area (Å²) in [6, 6.07) is 12.3. The third-order valence-electron chi connectivity index (χ3n) is 2.80. The summed E-state index contributed by atoms with van der Waals surface area (Å²) in [6.45, 7) is 0. The number of nitro benzene ring substituents is 1. The molecule has 6 heteroatoms. The average molecular weight is 304 g/mol. The van der Waals surface area contributed by atoms with Crippen LogP contribution >= 0.6 is 11.6 Å². The van der Waals surface area contributed by atoms with E-state index < -0.39 is 10.9 Å². The minimum absolute atomic E-state index is 0.0631. The molecule has 0 heterocycles. The lowest BCUT2D eigenvalue weighted by atomic mass is 10.0. The van der Waals surface area contributed by atoms with Crippen LogP contribution in [0.2, 0.25) is 5.02 Å². The van der Waals surface area contributed by atoms with Crippen molar-refractivity contribution in [3.63, 3.8) is 0 Å². The Hall–Kier alpha value is -2.66. The van der Waals surface area contributed by atoms with Crippen molar-refractivity contribution in [3.05, 3.63) is 74.8 Å². The number of nitro groups is 1. The first-order valence-corrected chi connectivity index (χ1v) is 6.31. The average Bonchev–Trinajstić information content (AvgIpc) is 2.44. The summed E-state index contributed by atoms with van der Waals surface area (Å²) in [5, 5.41) is 20.7. The zero-order valence-corrected chi connectivity index (χ0v) is 11.4. The van der Waals surface area contributed by atoms with Crippen LogP contribution in [-0.4, -0.2) is 16.0 Å². The van der Waals surface area contributed by atoms with Crippen LogP contribution in [0, 0.1) is 10.1 Å². The number of carbonyl (C=O) groups is 1. The van der Waals surface area contributed by atoms with Crippen molar-refractivity contribution in [1.29, 1.82) is 0 Å². The fraction of sp³-hybridized carbons (Fsp3) is 0. The van der Waals surface area contributed by atoms with Crippen molar-refractivity contribution < 1.29 is 14.8 Å². The molecular weight excluding hydrogens is 294 g/mol. The van der Waals surface area contributed by atoms with E-state index in [9.17, 15) is 20.0 Å². The van der Waals surface area contributed by atoms with Crippen LogP contribution in [0.4, 0.5) is 5.69 Å². The highest BCUT2D eigenvalue weighted by molar-refractivity contribution is 6.31. The third kappa shape index (κ3) is 3.46. The molecule has 0 atom stereocenters. The summed E-state index contributed by atoms with van der Waals surface area (Å²) in [5.74, 6) is -1.18. The van der Waals surface area contributed by atoms with E-state index in [1.165, 1.54) is 30.3 Å². The molecule has 0 bridgehead atoms. The van der Waals surface area contributed by atoms with E-state index in [0.717, 1.165) is 0 Å². The van der Waals surface area contributed by atoms with Crippen LogP contribution in [-0.2, 0) is 4.79 Å². The van der Waals surface area contributed by atoms with Gasteiger partial charge in [0, 0.05) is 11.1 Å². The number of aliphatic carboxylic acids is 1. The molecular formula is C15H10ClNO4. The largest absolute Gasteiger partial charge is 0.478 e. The lowest BCUT2D eigenvalue weighted by Crippen LogP contribution is -2.00. The molecule has 2 aromatic rings. The molecule has 106 valence electrons. The summed E-state index contributed by atoms with van der Waals surface area (Å²) in [4.78, 5) is 21.8. The van der Waals surface area contributed by atoms with Gasteiger partial charge in [-0.2, -0.15) is 0 Å². The van der Waals surface area contributed by atoms with Gasteiger partial charge in [0.05, 0.1) is 16.1 Å². The van der Waals surface area contributed by atoms with Gasteiger partial charge in [0.25, 0.3) is 5.69 Å². The van der Waals surface area contributed by atoms with Crippen molar-refractivity contribution in [2.24, 2.45) is 0 Å². The molecule has 0 unspecified atom stereocenters. The van der Waals surface area contributed by atoms with E-state index in [4.69, 9.17) is 11.6 Å². The van der Waals surface area contributed by atoms with E-state index in [0.29, 0.717) is 10.6 Å². The fourth-order valence-corrected chi connectivity index (χ4v) is 2.05. The Balaban J connectivity index is 2.59. The first kappa shape index (κ1) is 14.7. The SMILES string of the molecule is O=C(O)C(=Cc1ccccc1[N+](=O)[O-])c1cccc(Cl)c1. The second-order valence-electron chi connectivity index (χ2n) is 4.19. The van der Waals surface area contributed by atoms with E-state index in [1.807, 2.05) is 0 Å². The maximum atomic E-state index is 11.4. The minimum Gasteiger partial charge on any atom is -0.478 e. The number of nitrogens with zero attached hydrogens (tertiary/aromatic N) is 1. The predicted octanol–water partition coefficient (Wildman–Crippen LogP) is 3.87. The molecule has 0 amide bonds. The molecule has 0 aliphatic rings.